The number of nitrogens with two attached hydrogens (primary N) is 1. The predicted molar refractivity (Wildman–Crippen MR) is 93.4 cm³/mol. The van der Waals surface area contributed by atoms with Crippen LogP contribution in [0.25, 0.3) is 0 Å². The summed E-state index contributed by atoms with van der Waals surface area (Å²) in [5.41, 5.74) is 6.79. The summed E-state index contributed by atoms with van der Waals surface area (Å²) < 4.78 is 37.4. The number of halogens is 3. The quantitative estimate of drug-likeness (QED) is 0.826. The molecule has 3 rings (SSSR count). The number of hydrogen-bond donors (Lipinski definition) is 1. The third-order valence-corrected chi connectivity index (χ3v) is 4.55. The van der Waals surface area contributed by atoms with Crippen LogP contribution in [0.15, 0.2) is 30.3 Å². The Labute approximate surface area is 154 Å². The van der Waals surface area contributed by atoms with E-state index in [9.17, 15) is 13.6 Å². The first-order valence-electron chi connectivity index (χ1n) is 7.89. The lowest BCUT2D eigenvalue weighted by Gasteiger charge is -2.33. The molecular weight excluding hydrogens is 366 g/mol. The number of ether oxygens (including phenoxy) is 2. The van der Waals surface area contributed by atoms with E-state index in [4.69, 9.17) is 26.8 Å². The van der Waals surface area contributed by atoms with Crippen molar-refractivity contribution in [1.82, 2.24) is 4.90 Å². The first-order valence-corrected chi connectivity index (χ1v) is 8.27. The zero-order valence-electron chi connectivity index (χ0n) is 14.0. The van der Waals surface area contributed by atoms with Crippen LogP contribution in [0, 0.1) is 11.6 Å². The van der Waals surface area contributed by atoms with Gasteiger partial charge in [0.1, 0.15) is 11.9 Å². The highest BCUT2D eigenvalue weighted by molar-refractivity contribution is 6.33. The SMILES string of the molecule is COc1cc(N)c(Cl)cc1C(=O)N1CCOC(c2ccc(F)c(F)c2)C1. The molecule has 26 heavy (non-hydrogen) atoms. The Morgan fingerprint density at radius 2 is 2.08 bits per heavy atom. The van der Waals surface area contributed by atoms with Gasteiger partial charge < -0.3 is 20.1 Å². The smallest absolute Gasteiger partial charge is 0.257 e. The summed E-state index contributed by atoms with van der Waals surface area (Å²) in [6.07, 6.45) is -0.557. The molecule has 1 aliphatic rings. The Balaban J connectivity index is 1.84. The molecule has 1 heterocycles. The van der Waals surface area contributed by atoms with Crippen LogP contribution in [0.3, 0.4) is 0 Å². The van der Waals surface area contributed by atoms with Gasteiger partial charge in [0.2, 0.25) is 0 Å². The molecule has 0 saturated carbocycles. The number of methoxy groups -OCH3 is 1. The molecule has 1 aliphatic heterocycles. The van der Waals surface area contributed by atoms with Crippen LogP contribution in [-0.4, -0.2) is 37.6 Å². The van der Waals surface area contributed by atoms with Crippen LogP contribution in [0.2, 0.25) is 5.02 Å². The van der Waals surface area contributed by atoms with Gasteiger partial charge in [0.15, 0.2) is 11.6 Å². The summed E-state index contributed by atoms with van der Waals surface area (Å²) in [6.45, 7) is 0.805. The number of morpholine rings is 1. The molecule has 2 N–H and O–H groups in total. The molecular formula is C18H17ClF2N2O3. The van der Waals surface area contributed by atoms with Crippen molar-refractivity contribution in [3.63, 3.8) is 0 Å². The molecule has 5 nitrogen and oxygen atoms in total. The average molecular weight is 383 g/mol. The van der Waals surface area contributed by atoms with Crippen LogP contribution < -0.4 is 10.5 Å². The zero-order chi connectivity index (χ0) is 18.8. The maximum atomic E-state index is 13.5. The second kappa shape index (κ2) is 7.47. The molecule has 0 radical (unpaired) electrons. The lowest BCUT2D eigenvalue weighted by atomic mass is 10.1. The van der Waals surface area contributed by atoms with E-state index in [0.29, 0.717) is 23.5 Å². The van der Waals surface area contributed by atoms with Crippen molar-refractivity contribution in [3.8, 4) is 5.75 Å². The summed E-state index contributed by atoms with van der Waals surface area (Å²) in [5.74, 6) is -1.88. The van der Waals surface area contributed by atoms with Crippen LogP contribution in [0.1, 0.15) is 22.0 Å². The van der Waals surface area contributed by atoms with Crippen molar-refractivity contribution in [2.24, 2.45) is 0 Å². The number of anilines is 1. The molecule has 2 aromatic carbocycles. The molecule has 1 saturated heterocycles. The highest BCUT2D eigenvalue weighted by Gasteiger charge is 2.28. The second-order valence-electron chi connectivity index (χ2n) is 5.86. The van der Waals surface area contributed by atoms with E-state index in [1.54, 1.807) is 4.90 Å². The molecule has 8 heteroatoms. The number of amides is 1. The lowest BCUT2D eigenvalue weighted by molar-refractivity contribution is -0.0230. The summed E-state index contributed by atoms with van der Waals surface area (Å²) in [5, 5.41) is 0.250. The number of rotatable bonds is 3. The molecule has 1 atom stereocenters. The number of hydrogen-bond acceptors (Lipinski definition) is 4. The Hall–Kier alpha value is -2.38. The first kappa shape index (κ1) is 18.4. The number of carbonyl (C=O) groups excluding carboxylic acids is 1. The lowest BCUT2D eigenvalue weighted by Crippen LogP contribution is -2.42. The normalized spacial score (nSPS) is 17.2. The van der Waals surface area contributed by atoms with Gasteiger partial charge in [-0.25, -0.2) is 8.78 Å². The van der Waals surface area contributed by atoms with Crippen LogP contribution in [0.5, 0.6) is 5.75 Å². The largest absolute Gasteiger partial charge is 0.496 e. The zero-order valence-corrected chi connectivity index (χ0v) is 14.7. The van der Waals surface area contributed by atoms with Gasteiger partial charge in [-0.2, -0.15) is 0 Å². The number of nitrogens with zero attached hydrogens (tertiary/aromatic N) is 1. The topological polar surface area (TPSA) is 64.8 Å². The van der Waals surface area contributed by atoms with Gasteiger partial charge in [0, 0.05) is 12.6 Å². The van der Waals surface area contributed by atoms with E-state index in [0.717, 1.165) is 12.1 Å². The molecule has 0 spiro atoms. The van der Waals surface area contributed by atoms with Gasteiger partial charge >= 0.3 is 0 Å². The maximum absolute atomic E-state index is 13.5. The number of nitrogen functional groups attached to an aromatic ring is 1. The molecule has 1 fully saturated rings. The van der Waals surface area contributed by atoms with Crippen molar-refractivity contribution in [1.29, 1.82) is 0 Å². The van der Waals surface area contributed by atoms with E-state index in [1.165, 1.54) is 25.3 Å². The highest BCUT2D eigenvalue weighted by Crippen LogP contribution is 2.31. The third kappa shape index (κ3) is 3.59. The summed E-state index contributed by atoms with van der Waals surface area (Å²) in [7, 11) is 1.43. The summed E-state index contributed by atoms with van der Waals surface area (Å²) in [6, 6.07) is 6.51. The Morgan fingerprint density at radius 1 is 1.31 bits per heavy atom. The molecule has 0 bridgehead atoms. The van der Waals surface area contributed by atoms with Gasteiger partial charge in [0.05, 0.1) is 36.5 Å². The minimum Gasteiger partial charge on any atom is -0.496 e. The summed E-state index contributed by atoms with van der Waals surface area (Å²) >= 11 is 6.03. The Morgan fingerprint density at radius 3 is 2.77 bits per heavy atom. The fourth-order valence-corrected chi connectivity index (χ4v) is 2.99. The van der Waals surface area contributed by atoms with Gasteiger partial charge in [-0.15, -0.1) is 0 Å². The Kier molecular flexibility index (Phi) is 5.29. The van der Waals surface area contributed by atoms with Crippen molar-refractivity contribution < 1.29 is 23.0 Å². The van der Waals surface area contributed by atoms with Crippen LogP contribution in [0.4, 0.5) is 14.5 Å². The fraction of sp³-hybridized carbons (Fsp3) is 0.278. The maximum Gasteiger partial charge on any atom is 0.257 e. The molecule has 138 valence electrons. The highest BCUT2D eigenvalue weighted by atomic mass is 35.5. The number of benzene rings is 2. The molecule has 0 aliphatic carbocycles. The minimum atomic E-state index is -0.957. The van der Waals surface area contributed by atoms with Crippen molar-refractivity contribution in [3.05, 3.63) is 58.1 Å². The minimum absolute atomic E-state index is 0.190. The molecule has 1 unspecified atom stereocenters. The van der Waals surface area contributed by atoms with Crippen molar-refractivity contribution in [2.45, 2.75) is 6.10 Å². The van der Waals surface area contributed by atoms with Gasteiger partial charge in [-0.3, -0.25) is 4.79 Å². The van der Waals surface area contributed by atoms with E-state index < -0.39 is 17.7 Å². The van der Waals surface area contributed by atoms with Gasteiger partial charge in [-0.05, 0) is 23.8 Å². The standard InChI is InChI=1S/C18H17ClF2N2O3/c1-25-16-8-15(22)12(19)7-11(16)18(24)23-4-5-26-17(9-23)10-2-3-13(20)14(21)6-10/h2-3,6-8,17H,4-5,9,22H2,1H3. The van der Waals surface area contributed by atoms with E-state index in [1.807, 2.05) is 0 Å². The second-order valence-corrected chi connectivity index (χ2v) is 6.27. The fourth-order valence-electron chi connectivity index (χ4n) is 2.82. The first-order chi connectivity index (χ1) is 12.4. The van der Waals surface area contributed by atoms with Gasteiger partial charge in [0.25, 0.3) is 5.91 Å². The van der Waals surface area contributed by atoms with Crippen LogP contribution in [-0.2, 0) is 4.74 Å². The summed E-state index contributed by atoms with van der Waals surface area (Å²) in [4.78, 5) is 14.5. The average Bonchev–Trinajstić information content (AvgIpc) is 2.65. The molecule has 0 aromatic heterocycles. The van der Waals surface area contributed by atoms with E-state index in [2.05, 4.69) is 0 Å². The number of carbonyl (C=O) groups is 1. The molecule has 1 amide bonds. The monoisotopic (exact) mass is 382 g/mol. The van der Waals surface area contributed by atoms with Gasteiger partial charge in [-0.1, -0.05) is 17.7 Å². The van der Waals surface area contributed by atoms with E-state index >= 15 is 0 Å². The van der Waals surface area contributed by atoms with E-state index in [-0.39, 0.29) is 29.6 Å². The van der Waals surface area contributed by atoms with Crippen molar-refractivity contribution in [2.75, 3.05) is 32.5 Å². The molecule has 2 aromatic rings. The third-order valence-electron chi connectivity index (χ3n) is 4.22. The predicted octanol–water partition coefficient (Wildman–Crippen LogP) is 3.42. The Bertz CT molecular complexity index is 847. The van der Waals surface area contributed by atoms with Crippen LogP contribution >= 0.6 is 11.6 Å². The van der Waals surface area contributed by atoms with Crippen molar-refractivity contribution >= 4 is 23.2 Å².